The Balaban J connectivity index is 2.30. The number of carbonyl (C=O) groups excluding carboxylic acids is 1. The molecule has 1 atom stereocenters. The number of benzene rings is 1. The molecule has 2 aromatic rings. The monoisotopic (exact) mass is 387 g/mol. The minimum Gasteiger partial charge on any atom is -0.460 e. The summed E-state index contributed by atoms with van der Waals surface area (Å²) in [5, 5.41) is 1.93. The predicted octanol–water partition coefficient (Wildman–Crippen LogP) is 5.49. The normalized spacial score (nSPS) is 13.2. The van der Waals surface area contributed by atoms with Gasteiger partial charge in [0.2, 0.25) is 0 Å². The SMILES string of the molecule is CC(OC=O)c1cn(COCC[Si](C)(C)C)c2cc(Cl)cc(Cl)c12. The zero-order valence-electron chi connectivity index (χ0n) is 14.4. The lowest BCUT2D eigenvalue weighted by Crippen LogP contribution is -2.21. The van der Waals surface area contributed by atoms with Gasteiger partial charge >= 0.3 is 0 Å². The van der Waals surface area contributed by atoms with Crippen molar-refractivity contribution < 1.29 is 14.3 Å². The third-order valence-corrected chi connectivity index (χ3v) is 6.07. The molecular formula is C17H23Cl2NO3Si. The first-order valence-electron chi connectivity index (χ1n) is 7.87. The third-order valence-electron chi connectivity index (χ3n) is 3.85. The van der Waals surface area contributed by atoms with Crippen molar-refractivity contribution in [2.75, 3.05) is 6.61 Å². The molecule has 0 bridgehead atoms. The van der Waals surface area contributed by atoms with Crippen LogP contribution < -0.4 is 0 Å². The smallest absolute Gasteiger partial charge is 0.293 e. The van der Waals surface area contributed by atoms with E-state index in [1.807, 2.05) is 23.8 Å². The van der Waals surface area contributed by atoms with Crippen LogP contribution in [-0.4, -0.2) is 25.7 Å². The Hall–Kier alpha value is -1.01. The summed E-state index contributed by atoms with van der Waals surface area (Å²) < 4.78 is 12.9. The van der Waals surface area contributed by atoms with Crippen LogP contribution in [0.15, 0.2) is 18.3 Å². The van der Waals surface area contributed by atoms with Gasteiger partial charge in [-0.05, 0) is 25.1 Å². The molecule has 0 spiro atoms. The van der Waals surface area contributed by atoms with Crippen molar-refractivity contribution in [1.82, 2.24) is 4.57 Å². The van der Waals surface area contributed by atoms with Crippen molar-refractivity contribution in [3.8, 4) is 0 Å². The molecule has 0 saturated carbocycles. The summed E-state index contributed by atoms with van der Waals surface area (Å²) >= 11 is 12.5. The minimum atomic E-state index is -1.13. The molecule has 1 heterocycles. The van der Waals surface area contributed by atoms with E-state index >= 15 is 0 Å². The van der Waals surface area contributed by atoms with Crippen LogP contribution in [-0.2, 0) is 21.0 Å². The van der Waals surface area contributed by atoms with Crippen molar-refractivity contribution in [2.24, 2.45) is 0 Å². The van der Waals surface area contributed by atoms with E-state index in [2.05, 4.69) is 19.6 Å². The zero-order chi connectivity index (χ0) is 17.9. The Bertz CT molecular complexity index is 725. The molecule has 1 unspecified atom stereocenters. The number of hydrogen-bond acceptors (Lipinski definition) is 3. The Labute approximate surface area is 153 Å². The van der Waals surface area contributed by atoms with Crippen LogP contribution in [0.5, 0.6) is 0 Å². The van der Waals surface area contributed by atoms with Gasteiger partial charge in [0, 0.05) is 36.8 Å². The molecule has 24 heavy (non-hydrogen) atoms. The summed E-state index contributed by atoms with van der Waals surface area (Å²) in [6.07, 6.45) is 1.52. The van der Waals surface area contributed by atoms with Gasteiger partial charge in [0.1, 0.15) is 12.8 Å². The standard InChI is InChI=1S/C17H23Cl2NO3Si/c1-12(23-11-21)14-9-20(10-22-5-6-24(2,3)4)16-8-13(18)7-15(19)17(14)16/h7-9,11-12H,5-6,10H2,1-4H3. The number of hydrogen-bond donors (Lipinski definition) is 0. The van der Waals surface area contributed by atoms with E-state index in [0.29, 0.717) is 23.2 Å². The maximum atomic E-state index is 10.7. The summed E-state index contributed by atoms with van der Waals surface area (Å²) in [6.45, 7) is 10.3. The van der Waals surface area contributed by atoms with Crippen molar-refractivity contribution in [3.05, 3.63) is 33.9 Å². The molecular weight excluding hydrogens is 365 g/mol. The van der Waals surface area contributed by atoms with Crippen molar-refractivity contribution in [2.45, 2.75) is 45.4 Å². The molecule has 0 radical (unpaired) electrons. The van der Waals surface area contributed by atoms with E-state index in [-0.39, 0.29) is 0 Å². The van der Waals surface area contributed by atoms with Gasteiger partial charge < -0.3 is 14.0 Å². The molecule has 0 fully saturated rings. The highest BCUT2D eigenvalue weighted by Crippen LogP contribution is 2.35. The van der Waals surface area contributed by atoms with Crippen molar-refractivity contribution in [3.63, 3.8) is 0 Å². The Morgan fingerprint density at radius 1 is 1.29 bits per heavy atom. The van der Waals surface area contributed by atoms with Crippen LogP contribution >= 0.6 is 23.2 Å². The van der Waals surface area contributed by atoms with E-state index in [0.717, 1.165) is 29.1 Å². The van der Waals surface area contributed by atoms with E-state index in [1.54, 1.807) is 6.07 Å². The van der Waals surface area contributed by atoms with Gasteiger partial charge in [-0.15, -0.1) is 0 Å². The highest BCUT2D eigenvalue weighted by molar-refractivity contribution is 6.76. The maximum Gasteiger partial charge on any atom is 0.293 e. The first-order valence-corrected chi connectivity index (χ1v) is 12.3. The number of halogens is 2. The van der Waals surface area contributed by atoms with Crippen LogP contribution in [0.25, 0.3) is 10.9 Å². The number of carbonyl (C=O) groups is 1. The molecule has 0 saturated heterocycles. The van der Waals surface area contributed by atoms with Crippen molar-refractivity contribution >= 4 is 48.7 Å². The summed E-state index contributed by atoms with van der Waals surface area (Å²) in [4.78, 5) is 10.7. The molecule has 132 valence electrons. The van der Waals surface area contributed by atoms with E-state index in [9.17, 15) is 4.79 Å². The number of aromatic nitrogens is 1. The van der Waals surface area contributed by atoms with E-state index < -0.39 is 14.2 Å². The fourth-order valence-electron chi connectivity index (χ4n) is 2.49. The average molecular weight is 388 g/mol. The summed E-state index contributed by atoms with van der Waals surface area (Å²) in [7, 11) is -1.13. The zero-order valence-corrected chi connectivity index (χ0v) is 16.9. The maximum absolute atomic E-state index is 10.7. The number of nitrogens with zero attached hydrogens (tertiary/aromatic N) is 1. The van der Waals surface area contributed by atoms with Gasteiger partial charge in [0.15, 0.2) is 0 Å². The molecule has 1 aromatic carbocycles. The van der Waals surface area contributed by atoms with Gasteiger partial charge in [-0.1, -0.05) is 42.8 Å². The molecule has 7 heteroatoms. The van der Waals surface area contributed by atoms with Crippen LogP contribution in [0.4, 0.5) is 0 Å². The van der Waals surface area contributed by atoms with Crippen LogP contribution in [0, 0.1) is 0 Å². The molecule has 0 aliphatic heterocycles. The minimum absolute atomic E-state index is 0.396. The molecule has 4 nitrogen and oxygen atoms in total. The van der Waals surface area contributed by atoms with Crippen LogP contribution in [0.1, 0.15) is 18.6 Å². The highest BCUT2D eigenvalue weighted by atomic mass is 35.5. The predicted molar refractivity (Wildman–Crippen MR) is 102 cm³/mol. The van der Waals surface area contributed by atoms with Gasteiger partial charge in [-0.2, -0.15) is 0 Å². The quantitative estimate of drug-likeness (QED) is 0.341. The second kappa shape index (κ2) is 7.91. The second-order valence-electron chi connectivity index (χ2n) is 7.06. The Morgan fingerprint density at radius 3 is 2.62 bits per heavy atom. The fraction of sp³-hybridized carbons (Fsp3) is 0.471. The van der Waals surface area contributed by atoms with Gasteiger partial charge in [-0.25, -0.2) is 0 Å². The van der Waals surface area contributed by atoms with Gasteiger partial charge in [0.05, 0.1) is 10.5 Å². The lowest BCUT2D eigenvalue weighted by Gasteiger charge is -2.15. The summed E-state index contributed by atoms with van der Waals surface area (Å²) in [6, 6.07) is 4.64. The number of ether oxygens (including phenoxy) is 2. The second-order valence-corrected chi connectivity index (χ2v) is 13.5. The molecule has 0 aliphatic rings. The largest absolute Gasteiger partial charge is 0.460 e. The fourth-order valence-corrected chi connectivity index (χ4v) is 3.84. The van der Waals surface area contributed by atoms with Crippen LogP contribution in [0.3, 0.4) is 0 Å². The Morgan fingerprint density at radius 2 is 2.00 bits per heavy atom. The molecule has 0 N–H and O–H groups in total. The first-order chi connectivity index (χ1) is 11.2. The van der Waals surface area contributed by atoms with E-state index in [4.69, 9.17) is 32.7 Å². The number of fused-ring (bicyclic) bond motifs is 1. The highest BCUT2D eigenvalue weighted by Gasteiger charge is 2.19. The molecule has 1 aromatic heterocycles. The van der Waals surface area contributed by atoms with Gasteiger partial charge in [-0.3, -0.25) is 4.79 Å². The summed E-state index contributed by atoms with van der Waals surface area (Å²) in [5.74, 6) is 0. The topological polar surface area (TPSA) is 40.5 Å². The Kier molecular flexibility index (Phi) is 6.37. The van der Waals surface area contributed by atoms with E-state index in [1.165, 1.54) is 0 Å². The van der Waals surface area contributed by atoms with Crippen molar-refractivity contribution in [1.29, 1.82) is 0 Å². The molecule has 0 amide bonds. The lowest BCUT2D eigenvalue weighted by atomic mass is 10.1. The molecule has 0 aliphatic carbocycles. The number of rotatable bonds is 8. The van der Waals surface area contributed by atoms with Gasteiger partial charge in [0.25, 0.3) is 6.47 Å². The third kappa shape index (κ3) is 4.76. The summed E-state index contributed by atoms with van der Waals surface area (Å²) in [5.41, 5.74) is 1.71. The first kappa shape index (κ1) is 19.3. The average Bonchev–Trinajstić information content (AvgIpc) is 2.82. The lowest BCUT2D eigenvalue weighted by molar-refractivity contribution is -0.133. The molecule has 2 rings (SSSR count). The van der Waals surface area contributed by atoms with Crippen LogP contribution in [0.2, 0.25) is 35.7 Å².